The van der Waals surface area contributed by atoms with Crippen molar-refractivity contribution in [2.24, 2.45) is 0 Å². The van der Waals surface area contributed by atoms with Crippen molar-refractivity contribution in [2.45, 2.75) is 10.8 Å². The van der Waals surface area contributed by atoms with Gasteiger partial charge in [-0.05, 0) is 138 Å². The second-order valence-electron chi connectivity index (χ2n) is 17.8. The maximum Gasteiger partial charge on any atom is 0.194 e. The summed E-state index contributed by atoms with van der Waals surface area (Å²) < 4.78 is 14.3. The summed E-state index contributed by atoms with van der Waals surface area (Å²) in [6.45, 7) is 0. The minimum atomic E-state index is -0.478. The molecule has 10 aromatic carbocycles. The van der Waals surface area contributed by atoms with E-state index >= 15 is 0 Å². The Balaban J connectivity index is 0.918. The first-order valence-electron chi connectivity index (χ1n) is 22.5. The van der Waals surface area contributed by atoms with Gasteiger partial charge in [0, 0.05) is 11.4 Å². The summed E-state index contributed by atoms with van der Waals surface area (Å²) in [7, 11) is 0. The first-order chi connectivity index (χ1) is 32.2. The van der Waals surface area contributed by atoms with Crippen LogP contribution in [0.2, 0.25) is 0 Å². The highest BCUT2D eigenvalue weighted by Crippen LogP contribution is 2.66. The van der Waals surface area contributed by atoms with Crippen LogP contribution >= 0.6 is 0 Å². The van der Waals surface area contributed by atoms with E-state index in [2.05, 4.69) is 223 Å². The Hall–Kier alpha value is -8.40. The summed E-state index contributed by atoms with van der Waals surface area (Å²) in [5.41, 5.74) is 22.4. The fourth-order valence-corrected chi connectivity index (χ4v) is 12.6. The van der Waals surface area contributed by atoms with Crippen LogP contribution in [0, 0.1) is 0 Å². The SMILES string of the molecule is c1ccc(N(c2ccc3c(c2)C2(c4ccccc4-c4ccccc42)c2ccccc2-3)c2cccc3c2Oc2cc4c(cc2O3)C2(c3ccccc3-c3ccccc32)c2ccccc2-4)cc1. The number of para-hydroxylation sites is 2. The molecule has 3 heteroatoms. The van der Waals surface area contributed by atoms with Crippen molar-refractivity contribution in [2.75, 3.05) is 4.90 Å². The van der Waals surface area contributed by atoms with Crippen molar-refractivity contribution in [3.63, 3.8) is 0 Å². The molecule has 4 aliphatic carbocycles. The number of rotatable bonds is 3. The van der Waals surface area contributed by atoms with Gasteiger partial charge in [-0.3, -0.25) is 0 Å². The number of ether oxygens (including phenoxy) is 2. The average Bonchev–Trinajstić information content (AvgIpc) is 4.04. The van der Waals surface area contributed by atoms with Gasteiger partial charge in [-0.25, -0.2) is 0 Å². The summed E-state index contributed by atoms with van der Waals surface area (Å²) in [6, 6.07) is 82.1. The summed E-state index contributed by atoms with van der Waals surface area (Å²) in [6.07, 6.45) is 0. The Morgan fingerprint density at radius 2 is 0.677 bits per heavy atom. The van der Waals surface area contributed by atoms with E-state index in [4.69, 9.17) is 9.47 Å². The normalized spacial score (nSPS) is 14.6. The van der Waals surface area contributed by atoms with Gasteiger partial charge >= 0.3 is 0 Å². The molecule has 0 amide bonds. The van der Waals surface area contributed by atoms with Crippen LogP contribution in [0.25, 0.3) is 44.5 Å². The molecule has 5 aliphatic rings. The first-order valence-corrected chi connectivity index (χ1v) is 22.5. The van der Waals surface area contributed by atoms with Gasteiger partial charge in [0.05, 0.1) is 16.5 Å². The summed E-state index contributed by atoms with van der Waals surface area (Å²) in [5, 5.41) is 0. The molecule has 0 atom stereocenters. The van der Waals surface area contributed by atoms with E-state index in [1.54, 1.807) is 0 Å². The molecule has 0 fully saturated rings. The Morgan fingerprint density at radius 1 is 0.262 bits per heavy atom. The highest BCUT2D eigenvalue weighted by atomic mass is 16.6. The van der Waals surface area contributed by atoms with E-state index in [0.717, 1.165) is 22.6 Å². The molecule has 0 radical (unpaired) electrons. The van der Waals surface area contributed by atoms with Crippen molar-refractivity contribution >= 4 is 17.1 Å². The number of benzene rings is 10. The van der Waals surface area contributed by atoms with Crippen LogP contribution in [0.15, 0.2) is 224 Å². The quantitative estimate of drug-likeness (QED) is 0.177. The fourth-order valence-electron chi connectivity index (χ4n) is 12.6. The van der Waals surface area contributed by atoms with E-state index in [9.17, 15) is 0 Å². The van der Waals surface area contributed by atoms with E-state index in [0.29, 0.717) is 23.0 Å². The monoisotopic (exact) mass is 827 g/mol. The van der Waals surface area contributed by atoms with Crippen molar-refractivity contribution in [1.29, 1.82) is 0 Å². The van der Waals surface area contributed by atoms with Crippen LogP contribution in [0.5, 0.6) is 23.0 Å². The molecule has 0 N–H and O–H groups in total. The van der Waals surface area contributed by atoms with Gasteiger partial charge in [0.25, 0.3) is 0 Å². The van der Waals surface area contributed by atoms with Crippen LogP contribution in [-0.2, 0) is 10.8 Å². The van der Waals surface area contributed by atoms with Crippen molar-refractivity contribution in [3.8, 4) is 67.5 Å². The Kier molecular flexibility index (Phi) is 6.82. The van der Waals surface area contributed by atoms with Crippen LogP contribution in [0.4, 0.5) is 17.1 Å². The second-order valence-corrected chi connectivity index (χ2v) is 17.8. The van der Waals surface area contributed by atoms with E-state index in [-0.39, 0.29) is 0 Å². The van der Waals surface area contributed by atoms with Crippen LogP contribution in [0.1, 0.15) is 44.5 Å². The lowest BCUT2D eigenvalue weighted by atomic mass is 9.70. The van der Waals surface area contributed by atoms with Gasteiger partial charge in [0.2, 0.25) is 0 Å². The molecule has 3 nitrogen and oxygen atoms in total. The third-order valence-electron chi connectivity index (χ3n) is 14.9. The predicted molar refractivity (Wildman–Crippen MR) is 260 cm³/mol. The molecular weight excluding hydrogens is 791 g/mol. The fraction of sp³-hybridized carbons (Fsp3) is 0.0323. The molecule has 0 saturated heterocycles. The Bertz CT molecular complexity index is 3590. The average molecular weight is 828 g/mol. The van der Waals surface area contributed by atoms with Gasteiger partial charge in [0.1, 0.15) is 0 Å². The first kappa shape index (κ1) is 35.1. The van der Waals surface area contributed by atoms with Gasteiger partial charge in [-0.1, -0.05) is 176 Å². The predicted octanol–water partition coefficient (Wildman–Crippen LogP) is 15.7. The van der Waals surface area contributed by atoms with Crippen LogP contribution in [0.3, 0.4) is 0 Å². The lowest BCUT2D eigenvalue weighted by Crippen LogP contribution is -2.26. The smallest absolute Gasteiger partial charge is 0.194 e. The zero-order chi connectivity index (χ0) is 42.4. The molecule has 1 aliphatic heterocycles. The standard InChI is InChI=1S/C62H37NO2/c1-2-17-38(18-3-1)63(39-33-34-46-44-23-8-14-29-52(44)61(54(46)35-39)48-25-10-4-19-40(48)41-20-5-11-26-49(41)61)56-31-16-32-57-60(56)65-58-36-47-45-24-9-15-30-53(45)62(55(47)37-59(58)64-57)50-27-12-6-21-42(50)43-22-7-13-28-51(43)62/h1-37H. The molecule has 0 bridgehead atoms. The molecule has 10 aromatic rings. The highest BCUT2D eigenvalue weighted by Gasteiger charge is 2.53. The van der Waals surface area contributed by atoms with Crippen LogP contribution < -0.4 is 14.4 Å². The van der Waals surface area contributed by atoms with Gasteiger partial charge in [-0.15, -0.1) is 0 Å². The Labute approximate surface area is 377 Å². The molecule has 0 unspecified atom stereocenters. The summed E-state index contributed by atoms with van der Waals surface area (Å²) in [4.78, 5) is 2.33. The zero-order valence-corrected chi connectivity index (χ0v) is 35.1. The lowest BCUT2D eigenvalue weighted by molar-refractivity contribution is 0.360. The number of nitrogens with zero attached hydrogens (tertiary/aromatic N) is 1. The highest BCUT2D eigenvalue weighted by molar-refractivity contribution is 5.98. The summed E-state index contributed by atoms with van der Waals surface area (Å²) in [5.74, 6) is 2.77. The number of fused-ring (bicyclic) bond motifs is 22. The molecular formula is C62H37NO2. The van der Waals surface area contributed by atoms with Gasteiger partial charge in [0.15, 0.2) is 23.0 Å². The third kappa shape index (κ3) is 4.31. The Morgan fingerprint density at radius 3 is 1.18 bits per heavy atom. The molecule has 15 rings (SSSR count). The summed E-state index contributed by atoms with van der Waals surface area (Å²) >= 11 is 0. The maximum absolute atomic E-state index is 7.23. The third-order valence-corrected chi connectivity index (χ3v) is 14.9. The number of hydrogen-bond donors (Lipinski definition) is 0. The largest absolute Gasteiger partial charge is 0.449 e. The molecule has 0 saturated carbocycles. The molecule has 65 heavy (non-hydrogen) atoms. The zero-order valence-electron chi connectivity index (χ0n) is 35.1. The molecule has 0 aromatic heterocycles. The molecule has 2 spiro atoms. The number of anilines is 3. The lowest BCUT2D eigenvalue weighted by Gasteiger charge is -2.33. The van der Waals surface area contributed by atoms with Crippen molar-refractivity contribution in [3.05, 3.63) is 269 Å². The van der Waals surface area contributed by atoms with E-state index in [1.807, 2.05) is 6.07 Å². The van der Waals surface area contributed by atoms with Gasteiger partial charge in [-0.2, -0.15) is 0 Å². The van der Waals surface area contributed by atoms with E-state index < -0.39 is 10.8 Å². The van der Waals surface area contributed by atoms with Crippen molar-refractivity contribution in [1.82, 2.24) is 0 Å². The minimum absolute atomic E-state index is 0.472. The van der Waals surface area contributed by atoms with Gasteiger partial charge < -0.3 is 14.4 Å². The molecule has 302 valence electrons. The molecule has 1 heterocycles. The van der Waals surface area contributed by atoms with Crippen LogP contribution in [-0.4, -0.2) is 0 Å². The van der Waals surface area contributed by atoms with E-state index in [1.165, 1.54) is 83.5 Å². The topological polar surface area (TPSA) is 21.7 Å². The second kappa shape index (κ2) is 12.6. The number of hydrogen-bond acceptors (Lipinski definition) is 3. The maximum atomic E-state index is 7.23. The van der Waals surface area contributed by atoms with Crippen molar-refractivity contribution < 1.29 is 9.47 Å². The minimum Gasteiger partial charge on any atom is -0.449 e.